The first-order valence-electron chi connectivity index (χ1n) is 9.41. The molecule has 0 atom stereocenters. The summed E-state index contributed by atoms with van der Waals surface area (Å²) in [6.45, 7) is 3.73. The number of hydrogen-bond acceptors (Lipinski definition) is 2. The molecule has 0 heterocycles. The van der Waals surface area contributed by atoms with Gasteiger partial charge in [-0.2, -0.15) is 0 Å². The van der Waals surface area contributed by atoms with Gasteiger partial charge in [0, 0.05) is 17.2 Å². The van der Waals surface area contributed by atoms with Gasteiger partial charge in [-0.1, -0.05) is 72.8 Å². The summed E-state index contributed by atoms with van der Waals surface area (Å²) in [6.07, 6.45) is 0. The summed E-state index contributed by atoms with van der Waals surface area (Å²) in [5.41, 5.74) is 1.08. The van der Waals surface area contributed by atoms with Gasteiger partial charge in [0.15, 0.2) is 0 Å². The Hall–Kier alpha value is -3.46. The molecule has 0 aliphatic carbocycles. The largest absolute Gasteiger partial charge is 0.272 e. The van der Waals surface area contributed by atoms with E-state index in [9.17, 15) is 9.59 Å². The second-order valence-corrected chi connectivity index (χ2v) is 7.13. The van der Waals surface area contributed by atoms with E-state index in [0.717, 1.165) is 21.5 Å². The van der Waals surface area contributed by atoms with Crippen molar-refractivity contribution in [3.63, 3.8) is 0 Å². The third-order valence-electron chi connectivity index (χ3n) is 4.99. The lowest BCUT2D eigenvalue weighted by atomic mass is 10.0. The van der Waals surface area contributed by atoms with Crippen LogP contribution in [0.5, 0.6) is 0 Å². The molecule has 0 aliphatic heterocycles. The number of carbonyl (C=O) groups excluding carboxylic acids is 2. The molecule has 0 spiro atoms. The van der Waals surface area contributed by atoms with E-state index >= 15 is 0 Å². The maximum Gasteiger partial charge on any atom is 0.261 e. The number of imide groups is 1. The van der Waals surface area contributed by atoms with Gasteiger partial charge >= 0.3 is 0 Å². The quantitative estimate of drug-likeness (QED) is 0.437. The van der Waals surface area contributed by atoms with Gasteiger partial charge in [0.2, 0.25) is 0 Å². The van der Waals surface area contributed by atoms with E-state index < -0.39 is 0 Å². The van der Waals surface area contributed by atoms with Crippen LogP contribution in [0.15, 0.2) is 84.9 Å². The molecule has 3 nitrogen and oxygen atoms in total. The molecule has 3 heteroatoms. The van der Waals surface area contributed by atoms with Crippen molar-refractivity contribution in [2.45, 2.75) is 19.9 Å². The summed E-state index contributed by atoms with van der Waals surface area (Å²) >= 11 is 0. The number of amides is 2. The number of benzene rings is 4. The van der Waals surface area contributed by atoms with Crippen molar-refractivity contribution in [1.82, 2.24) is 4.90 Å². The lowest BCUT2D eigenvalue weighted by Crippen LogP contribution is -2.42. The molecule has 4 aromatic carbocycles. The van der Waals surface area contributed by atoms with Crippen LogP contribution < -0.4 is 0 Å². The van der Waals surface area contributed by atoms with E-state index in [0.29, 0.717) is 11.1 Å². The molecule has 4 aromatic rings. The molecule has 0 radical (unpaired) electrons. The lowest BCUT2D eigenvalue weighted by Gasteiger charge is -2.26. The van der Waals surface area contributed by atoms with E-state index in [2.05, 4.69) is 0 Å². The van der Waals surface area contributed by atoms with Gasteiger partial charge < -0.3 is 0 Å². The Labute approximate surface area is 164 Å². The molecule has 0 saturated carbocycles. The Morgan fingerprint density at radius 2 is 1.00 bits per heavy atom. The number of hydrogen-bond donors (Lipinski definition) is 0. The monoisotopic (exact) mass is 367 g/mol. The average molecular weight is 367 g/mol. The van der Waals surface area contributed by atoms with Gasteiger partial charge in [-0.05, 0) is 47.5 Å². The van der Waals surface area contributed by atoms with Crippen molar-refractivity contribution in [2.75, 3.05) is 0 Å². The predicted octanol–water partition coefficient (Wildman–Crippen LogP) is 5.68. The molecule has 0 aliphatic rings. The topological polar surface area (TPSA) is 37.4 Å². The summed E-state index contributed by atoms with van der Waals surface area (Å²) in [7, 11) is 0. The zero-order valence-electron chi connectivity index (χ0n) is 15.9. The molecule has 0 fully saturated rings. The summed E-state index contributed by atoms with van der Waals surface area (Å²) in [4.78, 5) is 28.3. The Morgan fingerprint density at radius 3 is 1.43 bits per heavy atom. The second-order valence-electron chi connectivity index (χ2n) is 7.13. The van der Waals surface area contributed by atoms with Crippen LogP contribution in [0.1, 0.15) is 34.6 Å². The zero-order valence-corrected chi connectivity index (χ0v) is 15.9. The van der Waals surface area contributed by atoms with Crippen LogP contribution in [0, 0.1) is 0 Å². The fourth-order valence-corrected chi connectivity index (χ4v) is 3.64. The van der Waals surface area contributed by atoms with Crippen molar-refractivity contribution in [3.8, 4) is 0 Å². The minimum absolute atomic E-state index is 0.266. The van der Waals surface area contributed by atoms with E-state index in [1.807, 2.05) is 86.6 Å². The number of rotatable bonds is 3. The minimum atomic E-state index is -0.273. The molecular weight excluding hydrogens is 346 g/mol. The van der Waals surface area contributed by atoms with Crippen LogP contribution in [0.4, 0.5) is 0 Å². The van der Waals surface area contributed by atoms with Gasteiger partial charge in [-0.15, -0.1) is 0 Å². The fourth-order valence-electron chi connectivity index (χ4n) is 3.64. The zero-order chi connectivity index (χ0) is 19.7. The fraction of sp³-hybridized carbons (Fsp3) is 0.120. The van der Waals surface area contributed by atoms with Crippen LogP contribution in [0.25, 0.3) is 21.5 Å². The molecule has 0 aromatic heterocycles. The molecule has 138 valence electrons. The van der Waals surface area contributed by atoms with Crippen LogP contribution in [0.3, 0.4) is 0 Å². The molecule has 2 amide bonds. The highest BCUT2D eigenvalue weighted by atomic mass is 16.2. The summed E-state index contributed by atoms with van der Waals surface area (Å²) in [5, 5.41) is 3.67. The van der Waals surface area contributed by atoms with Crippen molar-refractivity contribution >= 4 is 33.4 Å². The highest BCUT2D eigenvalue weighted by Gasteiger charge is 2.28. The Bertz CT molecular complexity index is 1090. The lowest BCUT2D eigenvalue weighted by molar-refractivity contribution is 0.0572. The van der Waals surface area contributed by atoms with Gasteiger partial charge in [0.1, 0.15) is 0 Å². The molecule has 0 saturated heterocycles. The SMILES string of the molecule is CC(C)N(C(=O)c1cccc2ccccc12)C(=O)c1cccc2ccccc12. The maximum atomic E-state index is 13.5. The Morgan fingerprint density at radius 1 is 0.607 bits per heavy atom. The van der Waals surface area contributed by atoms with Crippen molar-refractivity contribution in [1.29, 1.82) is 0 Å². The van der Waals surface area contributed by atoms with Gasteiger partial charge in [-0.3, -0.25) is 14.5 Å². The third kappa shape index (κ3) is 3.05. The Kier molecular flexibility index (Phi) is 4.66. The second kappa shape index (κ2) is 7.28. The molecular formula is C25H21NO2. The van der Waals surface area contributed by atoms with Crippen LogP contribution >= 0.6 is 0 Å². The summed E-state index contributed by atoms with van der Waals surface area (Å²) < 4.78 is 0. The van der Waals surface area contributed by atoms with Gasteiger partial charge in [0.05, 0.1) is 0 Å². The number of fused-ring (bicyclic) bond motifs is 2. The normalized spacial score (nSPS) is 11.1. The number of carbonyl (C=O) groups is 2. The van der Waals surface area contributed by atoms with Crippen molar-refractivity contribution in [2.24, 2.45) is 0 Å². The third-order valence-corrected chi connectivity index (χ3v) is 4.99. The molecule has 28 heavy (non-hydrogen) atoms. The first-order chi connectivity index (χ1) is 13.6. The van der Waals surface area contributed by atoms with Crippen LogP contribution in [0.2, 0.25) is 0 Å². The van der Waals surface area contributed by atoms with E-state index in [1.165, 1.54) is 4.90 Å². The Balaban J connectivity index is 1.83. The van der Waals surface area contributed by atoms with Crippen LogP contribution in [-0.2, 0) is 0 Å². The summed E-state index contributed by atoms with van der Waals surface area (Å²) in [5.74, 6) is -0.547. The van der Waals surface area contributed by atoms with E-state index in [1.54, 1.807) is 12.1 Å². The molecule has 0 bridgehead atoms. The molecule has 4 rings (SSSR count). The smallest absolute Gasteiger partial charge is 0.261 e. The van der Waals surface area contributed by atoms with Crippen molar-refractivity contribution < 1.29 is 9.59 Å². The average Bonchev–Trinajstić information content (AvgIpc) is 2.72. The van der Waals surface area contributed by atoms with Gasteiger partial charge in [-0.25, -0.2) is 0 Å². The number of nitrogens with zero attached hydrogens (tertiary/aromatic N) is 1. The maximum absolute atomic E-state index is 13.5. The van der Waals surface area contributed by atoms with E-state index in [4.69, 9.17) is 0 Å². The molecule has 0 N–H and O–H groups in total. The van der Waals surface area contributed by atoms with Gasteiger partial charge in [0.25, 0.3) is 11.8 Å². The van der Waals surface area contributed by atoms with Crippen molar-refractivity contribution in [3.05, 3.63) is 96.1 Å². The first-order valence-corrected chi connectivity index (χ1v) is 9.41. The van der Waals surface area contributed by atoms with E-state index in [-0.39, 0.29) is 17.9 Å². The highest BCUT2D eigenvalue weighted by molar-refractivity contribution is 6.18. The molecule has 0 unspecified atom stereocenters. The standard InChI is InChI=1S/C25H21NO2/c1-17(2)26(24(27)22-15-7-11-18-9-3-5-13-20(18)22)25(28)23-16-8-12-19-10-4-6-14-21(19)23/h3-17H,1-2H3. The predicted molar refractivity (Wildman–Crippen MR) is 114 cm³/mol. The van der Waals surface area contributed by atoms with Crippen LogP contribution in [-0.4, -0.2) is 22.8 Å². The minimum Gasteiger partial charge on any atom is -0.272 e. The first kappa shape index (κ1) is 17.9. The highest BCUT2D eigenvalue weighted by Crippen LogP contribution is 2.25. The summed E-state index contributed by atoms with van der Waals surface area (Å²) in [6, 6.07) is 26.4.